The van der Waals surface area contributed by atoms with Crippen LogP contribution in [-0.4, -0.2) is 18.0 Å². The smallest absolute Gasteiger partial charge is 0.161 e. The van der Waals surface area contributed by atoms with E-state index < -0.39 is 0 Å². The molecule has 3 atom stereocenters. The summed E-state index contributed by atoms with van der Waals surface area (Å²) in [5.41, 5.74) is 0.720. The summed E-state index contributed by atoms with van der Waals surface area (Å²) >= 11 is 0. The molecule has 0 saturated carbocycles. The van der Waals surface area contributed by atoms with E-state index in [4.69, 9.17) is 9.47 Å². The van der Waals surface area contributed by atoms with Crippen molar-refractivity contribution in [3.8, 4) is 0 Å². The summed E-state index contributed by atoms with van der Waals surface area (Å²) in [5.74, 6) is 0.392. The molecule has 1 aliphatic rings. The average Bonchev–Trinajstić information content (AvgIpc) is 2.30. The first-order chi connectivity index (χ1) is 5.88. The normalized spacial score (nSPS) is 39.8. The van der Waals surface area contributed by atoms with Crippen LogP contribution in [0.2, 0.25) is 0 Å². The van der Waals surface area contributed by atoms with Crippen LogP contribution in [0.15, 0.2) is 12.2 Å². The summed E-state index contributed by atoms with van der Waals surface area (Å²) in [6.07, 6.45) is 0.00843. The molecule has 0 amide bonds. The molecule has 2 heteroatoms. The zero-order valence-electron chi connectivity index (χ0n) is 9.26. The van der Waals surface area contributed by atoms with Crippen molar-refractivity contribution >= 4 is 0 Å². The van der Waals surface area contributed by atoms with Crippen LogP contribution in [0.3, 0.4) is 0 Å². The number of hydrogen-bond acceptors (Lipinski definition) is 2. The van der Waals surface area contributed by atoms with Crippen LogP contribution in [0.4, 0.5) is 0 Å². The van der Waals surface area contributed by atoms with Gasteiger partial charge in [-0.1, -0.05) is 20.4 Å². The Morgan fingerprint density at radius 1 is 1.46 bits per heavy atom. The van der Waals surface area contributed by atoms with E-state index in [1.807, 2.05) is 20.8 Å². The van der Waals surface area contributed by atoms with Crippen LogP contribution < -0.4 is 0 Å². The van der Waals surface area contributed by atoms with Gasteiger partial charge in [0.2, 0.25) is 0 Å². The molecule has 0 aromatic heterocycles. The second kappa shape index (κ2) is 3.43. The Labute approximate surface area is 80.9 Å². The van der Waals surface area contributed by atoms with E-state index in [9.17, 15) is 0 Å². The standard InChI is InChI=1S/C11H20O2/c1-7(2)10-12-9(5)11(6,13-10)8(3)4/h7,9-10H,3H2,1-2,4-6H3/t9-,10-,11+/m0/s1. The Balaban J connectivity index is 2.76. The molecule has 0 N–H and O–H groups in total. The molecule has 0 aliphatic carbocycles. The molecule has 1 rings (SSSR count). The predicted octanol–water partition coefficient (Wildman–Crippen LogP) is 2.74. The minimum atomic E-state index is -0.311. The molecule has 0 unspecified atom stereocenters. The van der Waals surface area contributed by atoms with Crippen LogP contribution in [0.25, 0.3) is 0 Å². The summed E-state index contributed by atoms with van der Waals surface area (Å²) in [5, 5.41) is 0. The van der Waals surface area contributed by atoms with Crippen molar-refractivity contribution in [3.63, 3.8) is 0 Å². The lowest BCUT2D eigenvalue weighted by atomic mass is 9.93. The van der Waals surface area contributed by atoms with Crippen molar-refractivity contribution in [2.75, 3.05) is 0 Å². The van der Waals surface area contributed by atoms with Crippen LogP contribution >= 0.6 is 0 Å². The van der Waals surface area contributed by atoms with Gasteiger partial charge in [-0.2, -0.15) is 0 Å². The second-order valence-electron chi connectivity index (χ2n) is 4.40. The molecule has 0 bridgehead atoms. The fourth-order valence-electron chi connectivity index (χ4n) is 1.44. The van der Waals surface area contributed by atoms with Crippen molar-refractivity contribution in [3.05, 3.63) is 12.2 Å². The van der Waals surface area contributed by atoms with Gasteiger partial charge >= 0.3 is 0 Å². The minimum Gasteiger partial charge on any atom is -0.346 e. The van der Waals surface area contributed by atoms with Gasteiger partial charge in [-0.25, -0.2) is 0 Å². The maximum atomic E-state index is 5.86. The second-order valence-corrected chi connectivity index (χ2v) is 4.40. The quantitative estimate of drug-likeness (QED) is 0.614. The maximum absolute atomic E-state index is 5.86. The summed E-state index contributed by atoms with van der Waals surface area (Å²) in [6.45, 7) is 14.2. The molecule has 2 nitrogen and oxygen atoms in total. The van der Waals surface area contributed by atoms with Crippen molar-refractivity contribution in [1.82, 2.24) is 0 Å². The molecule has 0 aromatic carbocycles. The zero-order chi connectivity index (χ0) is 10.2. The highest BCUT2D eigenvalue weighted by Gasteiger charge is 2.45. The summed E-state index contributed by atoms with van der Waals surface area (Å²) in [4.78, 5) is 0. The molecule has 13 heavy (non-hydrogen) atoms. The van der Waals surface area contributed by atoms with Gasteiger partial charge in [0.05, 0.1) is 6.10 Å². The zero-order valence-corrected chi connectivity index (χ0v) is 9.26. The third-order valence-electron chi connectivity index (χ3n) is 2.87. The highest BCUT2D eigenvalue weighted by Crippen LogP contribution is 2.36. The van der Waals surface area contributed by atoms with Crippen molar-refractivity contribution in [2.24, 2.45) is 5.92 Å². The lowest BCUT2D eigenvalue weighted by molar-refractivity contribution is -0.104. The molecule has 1 saturated heterocycles. The van der Waals surface area contributed by atoms with E-state index in [-0.39, 0.29) is 18.0 Å². The van der Waals surface area contributed by atoms with E-state index in [0.717, 1.165) is 5.57 Å². The van der Waals surface area contributed by atoms with Gasteiger partial charge in [-0.15, -0.1) is 0 Å². The van der Waals surface area contributed by atoms with Crippen LogP contribution in [0.1, 0.15) is 34.6 Å². The van der Waals surface area contributed by atoms with Gasteiger partial charge in [0, 0.05) is 5.92 Å². The van der Waals surface area contributed by atoms with Gasteiger partial charge in [0.15, 0.2) is 6.29 Å². The Morgan fingerprint density at radius 3 is 2.23 bits per heavy atom. The Hall–Kier alpha value is -0.340. The van der Waals surface area contributed by atoms with Gasteiger partial charge in [-0.3, -0.25) is 0 Å². The molecule has 76 valence electrons. The third-order valence-corrected chi connectivity index (χ3v) is 2.87. The van der Waals surface area contributed by atoms with Crippen LogP contribution in [0, 0.1) is 5.92 Å². The van der Waals surface area contributed by atoms with Gasteiger partial charge < -0.3 is 9.47 Å². The van der Waals surface area contributed by atoms with Gasteiger partial charge in [-0.05, 0) is 26.3 Å². The van der Waals surface area contributed by atoms with Gasteiger partial charge in [0.1, 0.15) is 5.60 Å². The molecule has 0 aromatic rings. The first-order valence-corrected chi connectivity index (χ1v) is 4.87. The van der Waals surface area contributed by atoms with Crippen molar-refractivity contribution in [1.29, 1.82) is 0 Å². The summed E-state index contributed by atoms with van der Waals surface area (Å²) in [6, 6.07) is 0. The van der Waals surface area contributed by atoms with Gasteiger partial charge in [0.25, 0.3) is 0 Å². The lowest BCUT2D eigenvalue weighted by Crippen LogP contribution is -2.35. The Bertz CT molecular complexity index is 210. The monoisotopic (exact) mass is 184 g/mol. The van der Waals surface area contributed by atoms with Crippen molar-refractivity contribution < 1.29 is 9.47 Å². The van der Waals surface area contributed by atoms with Crippen LogP contribution in [0.5, 0.6) is 0 Å². The molecule has 1 fully saturated rings. The van der Waals surface area contributed by atoms with Crippen molar-refractivity contribution in [2.45, 2.75) is 52.6 Å². The van der Waals surface area contributed by atoms with E-state index in [0.29, 0.717) is 5.92 Å². The number of ether oxygens (including phenoxy) is 2. The average molecular weight is 184 g/mol. The first-order valence-electron chi connectivity index (χ1n) is 4.87. The number of rotatable bonds is 2. The van der Waals surface area contributed by atoms with E-state index in [1.165, 1.54) is 0 Å². The van der Waals surface area contributed by atoms with E-state index in [2.05, 4.69) is 20.4 Å². The predicted molar refractivity (Wildman–Crippen MR) is 53.5 cm³/mol. The molecular formula is C11H20O2. The van der Waals surface area contributed by atoms with Crippen LogP contribution in [-0.2, 0) is 9.47 Å². The third kappa shape index (κ3) is 1.79. The molecule has 0 radical (unpaired) electrons. The molecule has 1 aliphatic heterocycles. The fourth-order valence-corrected chi connectivity index (χ4v) is 1.44. The molecular weight excluding hydrogens is 164 g/mol. The highest BCUT2D eigenvalue weighted by atomic mass is 16.7. The Morgan fingerprint density at radius 2 is 2.00 bits per heavy atom. The molecule has 1 heterocycles. The topological polar surface area (TPSA) is 18.5 Å². The first kappa shape index (κ1) is 10.7. The fraction of sp³-hybridized carbons (Fsp3) is 0.818. The number of hydrogen-bond donors (Lipinski definition) is 0. The van der Waals surface area contributed by atoms with E-state index >= 15 is 0 Å². The Kier molecular flexibility index (Phi) is 2.83. The highest BCUT2D eigenvalue weighted by molar-refractivity contribution is 5.13. The molecule has 0 spiro atoms. The minimum absolute atomic E-state index is 0.0864. The lowest BCUT2D eigenvalue weighted by Gasteiger charge is -2.26. The summed E-state index contributed by atoms with van der Waals surface area (Å²) in [7, 11) is 0. The largest absolute Gasteiger partial charge is 0.346 e. The maximum Gasteiger partial charge on any atom is 0.161 e. The summed E-state index contributed by atoms with van der Waals surface area (Å²) < 4.78 is 11.6. The SMILES string of the molecule is C=C(C)[C@@]1(C)O[C@@H](C(C)C)O[C@H]1C. The van der Waals surface area contributed by atoms with E-state index in [1.54, 1.807) is 0 Å².